The smallest absolute Gasteiger partial charge is 0.333 e. The molecule has 3 heterocycles. The molecular weight excluding hydrogens is 486 g/mol. The lowest BCUT2D eigenvalue weighted by atomic mass is 10.0. The van der Waals surface area contributed by atoms with Gasteiger partial charge in [-0.2, -0.15) is 25.6 Å². The van der Waals surface area contributed by atoms with E-state index >= 15 is 0 Å². The maximum absolute atomic E-state index is 13.4. The number of aliphatic hydroxyl groups is 1. The van der Waals surface area contributed by atoms with Crippen LogP contribution < -0.4 is 10.5 Å². The molecule has 8 nitrogen and oxygen atoms in total. The highest BCUT2D eigenvalue weighted by Gasteiger charge is 2.22. The highest BCUT2D eigenvalue weighted by molar-refractivity contribution is 7.99. The number of aromatic nitrogens is 4. The number of nitrogen functional groups attached to an aromatic ring is 1. The van der Waals surface area contributed by atoms with E-state index in [1.54, 1.807) is 0 Å². The van der Waals surface area contributed by atoms with Gasteiger partial charge >= 0.3 is 6.55 Å². The fraction of sp³-hybridized carbons (Fsp3) is 0.409. The highest BCUT2D eigenvalue weighted by Crippen LogP contribution is 2.29. The van der Waals surface area contributed by atoms with Gasteiger partial charge in [0, 0.05) is 54.9 Å². The number of ether oxygens (including phenoxy) is 1. The van der Waals surface area contributed by atoms with E-state index in [1.807, 2.05) is 36.0 Å². The van der Waals surface area contributed by atoms with Gasteiger partial charge in [-0.25, -0.2) is 14.6 Å². The van der Waals surface area contributed by atoms with Crippen molar-refractivity contribution in [1.82, 2.24) is 24.6 Å². The van der Waals surface area contributed by atoms with E-state index < -0.39 is 6.55 Å². The molecule has 12 heteroatoms. The van der Waals surface area contributed by atoms with Gasteiger partial charge in [-0.3, -0.25) is 4.90 Å². The summed E-state index contributed by atoms with van der Waals surface area (Å²) in [5.41, 5.74) is 7.56. The molecule has 1 aliphatic rings. The predicted octanol–water partition coefficient (Wildman–Crippen LogP) is 3.35. The summed E-state index contributed by atoms with van der Waals surface area (Å²) < 4.78 is 33.5. The van der Waals surface area contributed by atoms with Gasteiger partial charge in [-0.05, 0) is 11.6 Å². The van der Waals surface area contributed by atoms with Crippen molar-refractivity contribution in [1.29, 1.82) is 0 Å². The molecule has 3 aromatic rings. The molecule has 34 heavy (non-hydrogen) atoms. The summed E-state index contributed by atoms with van der Waals surface area (Å²) in [6.45, 7) is -0.650. The molecular formula is C22H25ClF2N6O2S. The van der Waals surface area contributed by atoms with Crippen molar-refractivity contribution in [2.75, 3.05) is 43.5 Å². The average molecular weight is 511 g/mol. The second-order valence-electron chi connectivity index (χ2n) is 7.77. The van der Waals surface area contributed by atoms with Crippen molar-refractivity contribution in [2.24, 2.45) is 0 Å². The van der Waals surface area contributed by atoms with Gasteiger partial charge in [0.05, 0.1) is 12.3 Å². The fourth-order valence-electron chi connectivity index (χ4n) is 3.85. The molecule has 4 rings (SSSR count). The maximum atomic E-state index is 13.4. The van der Waals surface area contributed by atoms with Crippen LogP contribution in [-0.4, -0.2) is 73.6 Å². The number of alkyl halides is 2. The van der Waals surface area contributed by atoms with Crippen molar-refractivity contribution in [3.05, 3.63) is 52.8 Å². The Balaban J connectivity index is 1.54. The van der Waals surface area contributed by atoms with E-state index in [4.69, 9.17) is 22.1 Å². The van der Waals surface area contributed by atoms with E-state index in [2.05, 4.69) is 20.0 Å². The van der Waals surface area contributed by atoms with Crippen molar-refractivity contribution in [2.45, 2.75) is 19.0 Å². The number of thioether (sulfide) groups is 1. The van der Waals surface area contributed by atoms with Crippen LogP contribution in [0.1, 0.15) is 17.7 Å². The number of hydrogen-bond acceptors (Lipinski definition) is 8. The van der Waals surface area contributed by atoms with Crippen LogP contribution in [0.4, 0.5) is 14.7 Å². The van der Waals surface area contributed by atoms with Crippen molar-refractivity contribution < 1.29 is 18.6 Å². The second-order valence-corrected chi connectivity index (χ2v) is 9.31. The van der Waals surface area contributed by atoms with Gasteiger partial charge in [-0.15, -0.1) is 0 Å². The summed E-state index contributed by atoms with van der Waals surface area (Å²) in [4.78, 5) is 10.2. The predicted molar refractivity (Wildman–Crippen MR) is 128 cm³/mol. The minimum absolute atomic E-state index is 0.0684. The van der Waals surface area contributed by atoms with E-state index in [-0.39, 0.29) is 35.1 Å². The minimum atomic E-state index is -2.81. The Morgan fingerprint density at radius 2 is 2.09 bits per heavy atom. The Bertz CT molecular complexity index is 1100. The van der Waals surface area contributed by atoms with E-state index in [0.29, 0.717) is 35.6 Å². The molecule has 1 unspecified atom stereocenters. The van der Waals surface area contributed by atoms with Crippen molar-refractivity contribution >= 4 is 29.3 Å². The number of nitrogens with zero attached hydrogens (tertiary/aromatic N) is 5. The molecule has 0 aliphatic carbocycles. The first-order chi connectivity index (χ1) is 16.4. The van der Waals surface area contributed by atoms with Crippen LogP contribution in [0.3, 0.4) is 0 Å². The average Bonchev–Trinajstić information content (AvgIpc) is 3.24. The summed E-state index contributed by atoms with van der Waals surface area (Å²) in [5, 5.41) is 13.7. The molecule has 0 bridgehead atoms. The minimum Gasteiger partial charge on any atom is -0.492 e. The summed E-state index contributed by atoms with van der Waals surface area (Å²) in [6, 6.07) is 9.03. The quantitative estimate of drug-likeness (QED) is 0.422. The second kappa shape index (κ2) is 11.3. The number of aliphatic hydroxyl groups excluding tert-OH is 1. The SMILES string of the molecule is Nc1nc(Cl)cc(-c2nn(C(F)F)cc2Cc2ccccc2OCCN2CCSCC2CO)n1. The van der Waals surface area contributed by atoms with E-state index in [1.165, 1.54) is 12.3 Å². The van der Waals surface area contributed by atoms with Gasteiger partial charge in [0.25, 0.3) is 0 Å². The number of hydrogen-bond donors (Lipinski definition) is 2. The first kappa shape index (κ1) is 24.6. The molecule has 1 atom stereocenters. The molecule has 0 spiro atoms. The molecule has 1 saturated heterocycles. The van der Waals surface area contributed by atoms with Crippen LogP contribution in [0.5, 0.6) is 5.75 Å². The van der Waals surface area contributed by atoms with Crippen LogP contribution in [0.2, 0.25) is 5.15 Å². The molecule has 3 N–H and O–H groups in total. The summed E-state index contributed by atoms with van der Waals surface area (Å²) in [7, 11) is 0. The summed E-state index contributed by atoms with van der Waals surface area (Å²) >= 11 is 7.84. The molecule has 1 fully saturated rings. The van der Waals surface area contributed by atoms with E-state index in [0.717, 1.165) is 23.6 Å². The third-order valence-electron chi connectivity index (χ3n) is 5.51. The lowest BCUT2D eigenvalue weighted by Crippen LogP contribution is -2.46. The molecule has 2 aromatic heterocycles. The Morgan fingerprint density at radius 1 is 1.26 bits per heavy atom. The van der Waals surface area contributed by atoms with Crippen molar-refractivity contribution in [3.63, 3.8) is 0 Å². The Hall–Kier alpha value is -2.47. The van der Waals surface area contributed by atoms with Gasteiger partial charge < -0.3 is 15.6 Å². The molecule has 1 aliphatic heterocycles. The van der Waals surface area contributed by atoms with Crippen LogP contribution in [-0.2, 0) is 6.42 Å². The first-order valence-electron chi connectivity index (χ1n) is 10.7. The fourth-order valence-corrected chi connectivity index (χ4v) is 5.16. The zero-order valence-electron chi connectivity index (χ0n) is 18.3. The third-order valence-corrected chi connectivity index (χ3v) is 6.80. The van der Waals surface area contributed by atoms with Crippen LogP contribution in [0.25, 0.3) is 11.4 Å². The molecule has 0 saturated carbocycles. The van der Waals surface area contributed by atoms with Gasteiger partial charge in [0.15, 0.2) is 0 Å². The Labute approximate surface area is 205 Å². The number of nitrogens with two attached hydrogens (primary N) is 1. The van der Waals surface area contributed by atoms with Gasteiger partial charge in [0.1, 0.15) is 23.2 Å². The zero-order chi connectivity index (χ0) is 24.1. The molecule has 0 radical (unpaired) electrons. The number of para-hydroxylation sites is 1. The van der Waals surface area contributed by atoms with Crippen LogP contribution in [0, 0.1) is 0 Å². The Kier molecular flexibility index (Phi) is 8.19. The highest BCUT2D eigenvalue weighted by atomic mass is 35.5. The molecule has 1 aromatic carbocycles. The number of benzene rings is 1. The third kappa shape index (κ3) is 5.96. The van der Waals surface area contributed by atoms with Gasteiger partial charge in [-0.1, -0.05) is 29.8 Å². The van der Waals surface area contributed by atoms with Crippen LogP contribution in [0.15, 0.2) is 36.5 Å². The normalized spacial score (nSPS) is 16.8. The zero-order valence-corrected chi connectivity index (χ0v) is 19.9. The lowest BCUT2D eigenvalue weighted by molar-refractivity contribution is 0.0567. The molecule has 182 valence electrons. The monoisotopic (exact) mass is 510 g/mol. The number of rotatable bonds is 9. The topological polar surface area (TPSA) is 102 Å². The number of halogens is 3. The summed E-state index contributed by atoms with van der Waals surface area (Å²) in [5.74, 6) is 2.52. The standard InChI is InChI=1S/C22H25ClF2N6O2S/c23-19-10-17(27-22(26)28-19)20-15(11-31(29-20)21(24)25)9-14-3-1-2-4-18(14)33-7-5-30-6-8-34-13-16(30)12-32/h1-4,10-11,16,21,32H,5-9,12-13H2,(H2,26,27,28). The largest absolute Gasteiger partial charge is 0.492 e. The lowest BCUT2D eigenvalue weighted by Gasteiger charge is -2.34. The molecule has 0 amide bonds. The van der Waals surface area contributed by atoms with Crippen LogP contribution >= 0.6 is 23.4 Å². The maximum Gasteiger partial charge on any atom is 0.333 e. The first-order valence-corrected chi connectivity index (χ1v) is 12.3. The Morgan fingerprint density at radius 3 is 2.85 bits per heavy atom. The summed E-state index contributed by atoms with van der Waals surface area (Å²) in [6.07, 6.45) is 1.58. The van der Waals surface area contributed by atoms with E-state index in [9.17, 15) is 13.9 Å². The van der Waals surface area contributed by atoms with Crippen molar-refractivity contribution in [3.8, 4) is 17.1 Å². The number of anilines is 1. The van der Waals surface area contributed by atoms with Gasteiger partial charge in [0.2, 0.25) is 5.95 Å².